The summed E-state index contributed by atoms with van der Waals surface area (Å²) in [5.74, 6) is -0.830. The van der Waals surface area contributed by atoms with E-state index < -0.39 is 14.0 Å². The van der Waals surface area contributed by atoms with Crippen molar-refractivity contribution in [3.63, 3.8) is 0 Å². The van der Waals surface area contributed by atoms with Gasteiger partial charge in [0.2, 0.25) is 5.79 Å². The molecule has 0 aliphatic rings. The Kier molecular flexibility index (Phi) is 5.54. The molecule has 0 aliphatic heterocycles. The van der Waals surface area contributed by atoms with Crippen molar-refractivity contribution in [1.82, 2.24) is 0 Å². The van der Waals surface area contributed by atoms with Crippen LogP contribution in [-0.2, 0) is 9.09 Å². The van der Waals surface area contributed by atoms with Crippen LogP contribution in [0.25, 0.3) is 0 Å². The van der Waals surface area contributed by atoms with Crippen molar-refractivity contribution < 1.29 is 23.5 Å². The molecule has 0 saturated carbocycles. The van der Waals surface area contributed by atoms with Crippen LogP contribution in [0, 0.1) is 0 Å². The predicted molar refractivity (Wildman–Crippen MR) is 68.1 cm³/mol. The number of hydrogen-bond donors (Lipinski definition) is 1. The lowest BCUT2D eigenvalue weighted by molar-refractivity contribution is -0.119. The summed E-state index contributed by atoms with van der Waals surface area (Å²) in [6, 6.07) is 6.68. The molecule has 18 heavy (non-hydrogen) atoms. The molecule has 100 valence electrons. The Bertz CT molecular complexity index is 428. The average Bonchev–Trinajstić information content (AvgIpc) is 2.38. The molecule has 0 radical (unpaired) electrons. The van der Waals surface area contributed by atoms with E-state index in [1.54, 1.807) is 38.1 Å². The van der Waals surface area contributed by atoms with Crippen molar-refractivity contribution in [2.75, 3.05) is 0 Å². The van der Waals surface area contributed by atoms with Gasteiger partial charge in [0.15, 0.2) is 6.29 Å². The van der Waals surface area contributed by atoms with Gasteiger partial charge in [0, 0.05) is 12.8 Å². The topological polar surface area (TPSA) is 72.8 Å². The smallest absolute Gasteiger partial charge is 0.319 e. The summed E-state index contributed by atoms with van der Waals surface area (Å²) in [6.07, 6.45) is 1.47. The van der Waals surface area contributed by atoms with E-state index in [2.05, 4.69) is 0 Å². The fourth-order valence-electron chi connectivity index (χ4n) is 1.59. The van der Waals surface area contributed by atoms with Crippen LogP contribution in [0.2, 0.25) is 0 Å². The maximum Gasteiger partial charge on any atom is 0.319 e. The number of carbonyl (C=O) groups excluding carboxylic acids is 1. The number of ether oxygens (including phenoxy) is 1. The second-order valence-corrected chi connectivity index (χ2v) is 4.48. The Labute approximate surface area is 107 Å². The SMILES string of the molecule is CCC(CC)(Oc1ccccc1C=O)O[PH](=O)O. The monoisotopic (exact) mass is 272 g/mol. The van der Waals surface area contributed by atoms with Crippen molar-refractivity contribution in [2.24, 2.45) is 0 Å². The highest BCUT2D eigenvalue weighted by atomic mass is 31.1. The zero-order valence-corrected chi connectivity index (χ0v) is 11.4. The van der Waals surface area contributed by atoms with Crippen LogP contribution in [0.3, 0.4) is 0 Å². The Balaban J connectivity index is 3.02. The lowest BCUT2D eigenvalue weighted by Gasteiger charge is -2.31. The molecule has 0 amide bonds. The highest BCUT2D eigenvalue weighted by Gasteiger charge is 2.32. The molecule has 1 unspecified atom stereocenters. The first-order valence-electron chi connectivity index (χ1n) is 5.72. The van der Waals surface area contributed by atoms with E-state index in [1.807, 2.05) is 0 Å². The van der Waals surface area contributed by atoms with E-state index in [9.17, 15) is 9.36 Å². The van der Waals surface area contributed by atoms with Gasteiger partial charge in [-0.3, -0.25) is 13.9 Å². The van der Waals surface area contributed by atoms with Crippen LogP contribution >= 0.6 is 8.25 Å². The summed E-state index contributed by atoms with van der Waals surface area (Å²) in [6.45, 7) is 3.58. The maximum atomic E-state index is 10.9. The van der Waals surface area contributed by atoms with Gasteiger partial charge in [-0.15, -0.1) is 0 Å². The van der Waals surface area contributed by atoms with E-state index in [0.29, 0.717) is 30.4 Å². The molecule has 1 rings (SSSR count). The molecule has 0 heterocycles. The molecule has 5 nitrogen and oxygen atoms in total. The Hall–Kier alpha value is -1.16. The summed E-state index contributed by atoms with van der Waals surface area (Å²) >= 11 is 0. The van der Waals surface area contributed by atoms with Crippen LogP contribution in [0.5, 0.6) is 5.75 Å². The van der Waals surface area contributed by atoms with E-state index >= 15 is 0 Å². The minimum atomic E-state index is -3.12. The van der Waals surface area contributed by atoms with E-state index in [4.69, 9.17) is 14.2 Å². The van der Waals surface area contributed by atoms with Crippen molar-refractivity contribution >= 4 is 14.5 Å². The van der Waals surface area contributed by atoms with Gasteiger partial charge in [0.1, 0.15) is 5.75 Å². The highest BCUT2D eigenvalue weighted by molar-refractivity contribution is 7.32. The normalized spacial score (nSPS) is 13.1. The number of aldehydes is 1. The van der Waals surface area contributed by atoms with Gasteiger partial charge in [-0.1, -0.05) is 26.0 Å². The summed E-state index contributed by atoms with van der Waals surface area (Å²) in [4.78, 5) is 19.8. The summed E-state index contributed by atoms with van der Waals surface area (Å²) in [7, 11) is -3.12. The second-order valence-electron chi connectivity index (χ2n) is 3.74. The predicted octanol–water partition coefficient (Wildman–Crippen LogP) is 2.79. The molecule has 1 aromatic rings. The van der Waals surface area contributed by atoms with E-state index in [1.165, 1.54) is 0 Å². The van der Waals surface area contributed by atoms with Gasteiger partial charge in [-0.05, 0) is 12.1 Å². The lowest BCUT2D eigenvalue weighted by Crippen LogP contribution is -2.36. The third kappa shape index (κ3) is 3.67. The van der Waals surface area contributed by atoms with Gasteiger partial charge in [-0.2, -0.15) is 0 Å². The van der Waals surface area contributed by atoms with E-state index in [-0.39, 0.29) is 0 Å². The van der Waals surface area contributed by atoms with Crippen LogP contribution in [0.4, 0.5) is 0 Å². The largest absolute Gasteiger partial charge is 0.461 e. The fraction of sp³-hybridized carbons (Fsp3) is 0.417. The lowest BCUT2D eigenvalue weighted by atomic mass is 10.1. The second kappa shape index (κ2) is 6.69. The van der Waals surface area contributed by atoms with Crippen LogP contribution in [0.15, 0.2) is 24.3 Å². The Morgan fingerprint density at radius 2 is 1.94 bits per heavy atom. The molecular weight excluding hydrogens is 255 g/mol. The summed E-state index contributed by atoms with van der Waals surface area (Å²) < 4.78 is 21.5. The summed E-state index contributed by atoms with van der Waals surface area (Å²) in [5.41, 5.74) is 0.380. The molecule has 1 atom stereocenters. The maximum absolute atomic E-state index is 10.9. The minimum absolute atomic E-state index is 0.347. The van der Waals surface area contributed by atoms with Crippen molar-refractivity contribution in [3.05, 3.63) is 29.8 Å². The van der Waals surface area contributed by atoms with Crippen LogP contribution < -0.4 is 4.74 Å². The molecule has 1 N–H and O–H groups in total. The number of rotatable bonds is 7. The number of carbonyl (C=O) groups is 1. The number of para-hydroxylation sites is 1. The molecule has 0 aliphatic carbocycles. The molecule has 0 saturated heterocycles. The highest BCUT2D eigenvalue weighted by Crippen LogP contribution is 2.34. The van der Waals surface area contributed by atoms with Gasteiger partial charge in [0.25, 0.3) is 0 Å². The first-order valence-corrected chi connectivity index (χ1v) is 6.98. The minimum Gasteiger partial charge on any atom is -0.461 e. The molecule has 0 spiro atoms. The van der Waals surface area contributed by atoms with Crippen molar-refractivity contribution in [2.45, 2.75) is 32.5 Å². The number of hydrogen-bond acceptors (Lipinski definition) is 4. The van der Waals surface area contributed by atoms with Crippen molar-refractivity contribution in [3.8, 4) is 5.75 Å². The van der Waals surface area contributed by atoms with E-state index in [0.717, 1.165) is 0 Å². The molecule has 0 fully saturated rings. The Morgan fingerprint density at radius 3 is 2.44 bits per heavy atom. The Morgan fingerprint density at radius 1 is 1.33 bits per heavy atom. The molecule has 6 heteroatoms. The first kappa shape index (κ1) is 14.9. The molecule has 0 bridgehead atoms. The van der Waals surface area contributed by atoms with Gasteiger partial charge < -0.3 is 9.63 Å². The third-order valence-electron chi connectivity index (χ3n) is 2.69. The zero-order valence-electron chi connectivity index (χ0n) is 10.4. The van der Waals surface area contributed by atoms with Gasteiger partial charge >= 0.3 is 8.25 Å². The molecule has 1 aromatic carbocycles. The first-order chi connectivity index (χ1) is 8.56. The van der Waals surface area contributed by atoms with Gasteiger partial charge in [-0.25, -0.2) is 0 Å². The average molecular weight is 272 g/mol. The zero-order chi connectivity index (χ0) is 13.6. The van der Waals surface area contributed by atoms with Crippen molar-refractivity contribution in [1.29, 1.82) is 0 Å². The van der Waals surface area contributed by atoms with Crippen LogP contribution in [0.1, 0.15) is 37.0 Å². The standard InChI is InChI=1S/C12H17O5P/c1-3-12(4-2,17-18(14)15)16-11-8-6-5-7-10(11)9-13/h5-9,18H,3-4H2,1-2H3,(H,14,15). The molecular formula is C12H17O5P. The fourth-order valence-corrected chi connectivity index (χ4v) is 2.24. The quantitative estimate of drug-likeness (QED) is 0.469. The van der Waals surface area contributed by atoms with Gasteiger partial charge in [0.05, 0.1) is 5.56 Å². The van der Waals surface area contributed by atoms with Crippen LogP contribution in [-0.4, -0.2) is 17.0 Å². The molecule has 0 aromatic heterocycles. The third-order valence-corrected chi connectivity index (χ3v) is 3.24. The number of benzene rings is 1. The summed E-state index contributed by atoms with van der Waals surface area (Å²) in [5, 5.41) is 0.